The van der Waals surface area contributed by atoms with Crippen molar-refractivity contribution in [2.24, 2.45) is 10.6 Å². The Kier molecular flexibility index (Phi) is 8.44. The Balaban J connectivity index is 1.37. The van der Waals surface area contributed by atoms with Crippen LogP contribution in [0.25, 0.3) is 0 Å². The number of hydrogen-bond acceptors (Lipinski definition) is 6. The number of benzene rings is 3. The van der Waals surface area contributed by atoms with Gasteiger partial charge in [-0.1, -0.05) is 35.0 Å². The van der Waals surface area contributed by atoms with Gasteiger partial charge in [-0.2, -0.15) is 0 Å². The van der Waals surface area contributed by atoms with Gasteiger partial charge in [0, 0.05) is 17.8 Å². The standard InChI is InChI=1S/C31H29ClFN3O6/c1-41-27-14-19(6-9-25(27)34-29(39)23-15-21(33)7-8-24(23)32)30(40)36-13-12-31(16-20-4-2-3-5-26(20)36)11-10-22(17-31)35-42-18-28(37)38/h2-9,14-15H,10-13,16-18H2,1H3,(H,34,39)(H,37,38)/t31-/m0/s1. The zero-order chi connectivity index (χ0) is 29.9. The van der Waals surface area contributed by atoms with Crippen LogP contribution >= 0.6 is 11.6 Å². The first-order valence-electron chi connectivity index (χ1n) is 13.4. The molecular weight excluding hydrogens is 565 g/mol. The number of rotatable bonds is 7. The summed E-state index contributed by atoms with van der Waals surface area (Å²) in [4.78, 5) is 44.2. The van der Waals surface area contributed by atoms with Gasteiger partial charge >= 0.3 is 5.97 Å². The maximum absolute atomic E-state index is 13.9. The van der Waals surface area contributed by atoms with Crippen LogP contribution in [0.2, 0.25) is 5.02 Å². The molecule has 0 radical (unpaired) electrons. The van der Waals surface area contributed by atoms with Crippen LogP contribution in [0.5, 0.6) is 5.75 Å². The van der Waals surface area contributed by atoms with Crippen molar-refractivity contribution in [2.75, 3.05) is 30.5 Å². The van der Waals surface area contributed by atoms with Gasteiger partial charge in [0.05, 0.1) is 29.1 Å². The fourth-order valence-electron chi connectivity index (χ4n) is 5.68. The van der Waals surface area contributed by atoms with E-state index in [0.717, 1.165) is 42.3 Å². The number of anilines is 2. The van der Waals surface area contributed by atoms with Gasteiger partial charge in [0.2, 0.25) is 6.61 Å². The summed E-state index contributed by atoms with van der Waals surface area (Å²) >= 11 is 6.08. The Labute approximate surface area is 246 Å². The number of amides is 2. The molecule has 0 saturated heterocycles. The fraction of sp³-hybridized carbons (Fsp3) is 0.290. The Morgan fingerprint density at radius 3 is 2.69 bits per heavy atom. The quantitative estimate of drug-likeness (QED) is 0.326. The number of halogens is 2. The minimum atomic E-state index is -1.08. The summed E-state index contributed by atoms with van der Waals surface area (Å²) in [5.74, 6) is -2.24. The van der Waals surface area contributed by atoms with Gasteiger partial charge in [0.25, 0.3) is 11.8 Å². The first-order chi connectivity index (χ1) is 20.2. The number of fused-ring (bicyclic) bond motifs is 1. The molecular formula is C31H29ClFN3O6. The van der Waals surface area contributed by atoms with Crippen molar-refractivity contribution in [3.8, 4) is 5.75 Å². The van der Waals surface area contributed by atoms with Crippen molar-refractivity contribution in [1.29, 1.82) is 0 Å². The third-order valence-electron chi connectivity index (χ3n) is 7.73. The van der Waals surface area contributed by atoms with E-state index in [9.17, 15) is 18.8 Å². The molecule has 1 atom stereocenters. The van der Waals surface area contributed by atoms with E-state index in [4.69, 9.17) is 26.3 Å². The van der Waals surface area contributed by atoms with E-state index in [1.807, 2.05) is 24.3 Å². The number of carbonyl (C=O) groups excluding carboxylic acids is 2. The molecule has 2 aliphatic rings. The second-order valence-electron chi connectivity index (χ2n) is 10.5. The van der Waals surface area contributed by atoms with E-state index in [1.54, 1.807) is 23.1 Å². The van der Waals surface area contributed by atoms with Crippen LogP contribution in [0.4, 0.5) is 15.8 Å². The van der Waals surface area contributed by atoms with Crippen molar-refractivity contribution in [3.63, 3.8) is 0 Å². The number of aliphatic carboxylic acids is 1. The van der Waals surface area contributed by atoms with Gasteiger partial charge in [0.1, 0.15) is 11.6 Å². The first-order valence-corrected chi connectivity index (χ1v) is 13.8. The number of carbonyl (C=O) groups is 3. The average Bonchev–Trinajstić information content (AvgIpc) is 3.29. The maximum atomic E-state index is 13.9. The predicted molar refractivity (Wildman–Crippen MR) is 156 cm³/mol. The number of oxime groups is 1. The zero-order valence-electron chi connectivity index (χ0n) is 22.9. The molecule has 11 heteroatoms. The van der Waals surface area contributed by atoms with Crippen molar-refractivity contribution in [2.45, 2.75) is 32.1 Å². The van der Waals surface area contributed by atoms with E-state index < -0.39 is 24.3 Å². The number of nitrogens with one attached hydrogen (secondary N) is 1. The molecule has 42 heavy (non-hydrogen) atoms. The summed E-state index contributed by atoms with van der Waals surface area (Å²) in [7, 11) is 1.43. The summed E-state index contributed by atoms with van der Waals surface area (Å²) in [6.07, 6.45) is 3.71. The molecule has 3 aromatic rings. The molecule has 1 aliphatic heterocycles. The van der Waals surface area contributed by atoms with Crippen LogP contribution in [-0.2, 0) is 16.1 Å². The van der Waals surface area contributed by atoms with Crippen LogP contribution in [0.1, 0.15) is 52.0 Å². The van der Waals surface area contributed by atoms with Gasteiger partial charge in [-0.05, 0) is 85.5 Å². The second-order valence-corrected chi connectivity index (χ2v) is 10.9. The summed E-state index contributed by atoms with van der Waals surface area (Å²) in [5.41, 5.74) is 3.22. The summed E-state index contributed by atoms with van der Waals surface area (Å²) < 4.78 is 19.2. The molecule has 1 fully saturated rings. The number of ether oxygens (including phenoxy) is 1. The van der Waals surface area contributed by atoms with Crippen LogP contribution in [0.15, 0.2) is 65.8 Å². The minimum Gasteiger partial charge on any atom is -0.495 e. The van der Waals surface area contributed by atoms with E-state index in [2.05, 4.69) is 10.5 Å². The van der Waals surface area contributed by atoms with Gasteiger partial charge < -0.3 is 24.9 Å². The highest BCUT2D eigenvalue weighted by Gasteiger charge is 2.41. The topological polar surface area (TPSA) is 118 Å². The van der Waals surface area contributed by atoms with Crippen LogP contribution < -0.4 is 15.0 Å². The van der Waals surface area contributed by atoms with E-state index >= 15 is 0 Å². The lowest BCUT2D eigenvalue weighted by Crippen LogP contribution is -2.33. The third-order valence-corrected chi connectivity index (χ3v) is 8.06. The molecule has 1 spiro atoms. The molecule has 218 valence electrons. The number of carboxylic acids is 1. The molecule has 2 N–H and O–H groups in total. The Morgan fingerprint density at radius 2 is 1.90 bits per heavy atom. The monoisotopic (exact) mass is 593 g/mol. The number of carboxylic acid groups (broad SMARTS) is 1. The van der Waals surface area contributed by atoms with Crippen LogP contribution in [0.3, 0.4) is 0 Å². The largest absolute Gasteiger partial charge is 0.495 e. The molecule has 1 saturated carbocycles. The van der Waals surface area contributed by atoms with E-state index in [-0.39, 0.29) is 27.7 Å². The predicted octanol–water partition coefficient (Wildman–Crippen LogP) is 5.96. The Hall–Kier alpha value is -4.44. The number of hydrogen-bond donors (Lipinski definition) is 2. The number of methoxy groups -OCH3 is 1. The fourth-order valence-corrected chi connectivity index (χ4v) is 5.88. The highest BCUT2D eigenvalue weighted by molar-refractivity contribution is 6.34. The Morgan fingerprint density at radius 1 is 1.10 bits per heavy atom. The molecule has 3 aromatic carbocycles. The lowest BCUT2D eigenvalue weighted by Gasteiger charge is -2.27. The van der Waals surface area contributed by atoms with Crippen molar-refractivity contribution >= 4 is 46.5 Å². The normalized spacial score (nSPS) is 18.8. The summed E-state index contributed by atoms with van der Waals surface area (Å²) in [6, 6.07) is 16.1. The lowest BCUT2D eigenvalue weighted by molar-refractivity contribution is -0.142. The maximum Gasteiger partial charge on any atom is 0.344 e. The molecule has 0 bridgehead atoms. The SMILES string of the molecule is COc1cc(C(=O)N2CC[C@@]3(CCC(=NOCC(=O)O)C3)Cc3ccccc32)ccc1NC(=O)c1cc(F)ccc1Cl. The molecule has 1 heterocycles. The van der Waals surface area contributed by atoms with Gasteiger partial charge in [-0.3, -0.25) is 9.59 Å². The van der Waals surface area contributed by atoms with E-state index in [1.165, 1.54) is 19.2 Å². The molecule has 9 nitrogen and oxygen atoms in total. The number of nitrogens with zero attached hydrogens (tertiary/aromatic N) is 2. The van der Waals surface area contributed by atoms with Gasteiger partial charge in [0.15, 0.2) is 0 Å². The average molecular weight is 594 g/mol. The molecule has 1 aliphatic carbocycles. The highest BCUT2D eigenvalue weighted by Crippen LogP contribution is 2.46. The second kappa shape index (κ2) is 12.2. The summed E-state index contributed by atoms with van der Waals surface area (Å²) in [6.45, 7) is -0.00984. The van der Waals surface area contributed by atoms with Crippen LogP contribution in [-0.4, -0.2) is 48.9 Å². The third kappa shape index (κ3) is 6.23. The van der Waals surface area contributed by atoms with Crippen molar-refractivity contribution < 1.29 is 33.5 Å². The van der Waals surface area contributed by atoms with Crippen molar-refractivity contribution in [1.82, 2.24) is 0 Å². The highest BCUT2D eigenvalue weighted by atomic mass is 35.5. The smallest absolute Gasteiger partial charge is 0.344 e. The van der Waals surface area contributed by atoms with Gasteiger partial charge in [-0.15, -0.1) is 0 Å². The molecule has 2 amide bonds. The molecule has 5 rings (SSSR count). The van der Waals surface area contributed by atoms with Crippen LogP contribution in [0, 0.1) is 11.2 Å². The Bertz CT molecular complexity index is 1580. The zero-order valence-corrected chi connectivity index (χ0v) is 23.6. The minimum absolute atomic E-state index is 0.0254. The van der Waals surface area contributed by atoms with E-state index in [0.29, 0.717) is 30.6 Å². The first kappa shape index (κ1) is 29.1. The summed E-state index contributed by atoms with van der Waals surface area (Å²) in [5, 5.41) is 15.7. The lowest BCUT2D eigenvalue weighted by atomic mass is 9.78. The molecule has 0 unspecified atom stereocenters. The van der Waals surface area contributed by atoms with Gasteiger partial charge in [-0.25, -0.2) is 9.18 Å². The molecule has 0 aromatic heterocycles. The van der Waals surface area contributed by atoms with Crippen molar-refractivity contribution in [3.05, 3.63) is 88.2 Å². The number of para-hydroxylation sites is 1.